The molecular formula is C14H9ClN4O2S. The van der Waals surface area contributed by atoms with Crippen LogP contribution in [0.1, 0.15) is 0 Å². The van der Waals surface area contributed by atoms with Crippen molar-refractivity contribution in [3.63, 3.8) is 0 Å². The zero-order valence-electron chi connectivity index (χ0n) is 11.1. The number of hydrogen-bond acceptors (Lipinski definition) is 6. The molecule has 0 radical (unpaired) electrons. The Hall–Kier alpha value is -2.38. The van der Waals surface area contributed by atoms with Gasteiger partial charge in [0.1, 0.15) is 0 Å². The van der Waals surface area contributed by atoms with Crippen molar-refractivity contribution >= 4 is 46.1 Å². The van der Waals surface area contributed by atoms with Gasteiger partial charge in [-0.1, -0.05) is 29.8 Å². The highest BCUT2D eigenvalue weighted by Crippen LogP contribution is 2.28. The molecule has 1 N–H and O–H groups in total. The Morgan fingerprint density at radius 1 is 1.09 bits per heavy atom. The fourth-order valence-corrected chi connectivity index (χ4v) is 2.73. The summed E-state index contributed by atoms with van der Waals surface area (Å²) in [4.78, 5) is 19.6. The predicted molar refractivity (Wildman–Crippen MR) is 87.1 cm³/mol. The Morgan fingerprint density at radius 3 is 2.55 bits per heavy atom. The van der Waals surface area contributed by atoms with Crippen LogP contribution >= 0.6 is 23.5 Å². The van der Waals surface area contributed by atoms with Crippen molar-refractivity contribution in [3.8, 4) is 0 Å². The SMILES string of the molecule is O=[N+]([O-])c1cccc(SNc2nc3ccccc3nc2Cl)c1. The molecule has 8 heteroatoms. The summed E-state index contributed by atoms with van der Waals surface area (Å²) in [7, 11) is 0. The van der Waals surface area contributed by atoms with Gasteiger partial charge in [-0.05, 0) is 30.1 Å². The van der Waals surface area contributed by atoms with Crippen molar-refractivity contribution < 1.29 is 4.92 Å². The third-order valence-electron chi connectivity index (χ3n) is 2.82. The Balaban J connectivity index is 1.83. The highest BCUT2D eigenvalue weighted by atomic mass is 35.5. The van der Waals surface area contributed by atoms with Crippen molar-refractivity contribution in [2.45, 2.75) is 4.90 Å². The predicted octanol–water partition coefficient (Wildman–Crippen LogP) is 4.31. The topological polar surface area (TPSA) is 81.0 Å². The van der Waals surface area contributed by atoms with Crippen LogP contribution in [-0.2, 0) is 0 Å². The van der Waals surface area contributed by atoms with E-state index in [1.165, 1.54) is 24.1 Å². The smallest absolute Gasteiger partial charge is 0.270 e. The van der Waals surface area contributed by atoms with Crippen LogP contribution < -0.4 is 4.72 Å². The molecule has 0 atom stereocenters. The van der Waals surface area contributed by atoms with Gasteiger partial charge in [0, 0.05) is 17.0 Å². The lowest BCUT2D eigenvalue weighted by molar-refractivity contribution is -0.385. The number of nitrogens with one attached hydrogen (secondary N) is 1. The first-order valence-electron chi connectivity index (χ1n) is 6.23. The lowest BCUT2D eigenvalue weighted by atomic mass is 10.3. The van der Waals surface area contributed by atoms with Gasteiger partial charge < -0.3 is 4.72 Å². The number of rotatable bonds is 4. The summed E-state index contributed by atoms with van der Waals surface area (Å²) >= 11 is 7.28. The number of halogens is 1. The summed E-state index contributed by atoms with van der Waals surface area (Å²) in [5.74, 6) is 0.414. The maximum Gasteiger partial charge on any atom is 0.270 e. The molecule has 0 spiro atoms. The number of para-hydroxylation sites is 2. The van der Waals surface area contributed by atoms with Crippen LogP contribution in [0.5, 0.6) is 0 Å². The number of non-ortho nitro benzene ring substituents is 1. The van der Waals surface area contributed by atoms with E-state index in [2.05, 4.69) is 14.7 Å². The van der Waals surface area contributed by atoms with Crippen molar-refractivity contribution in [2.24, 2.45) is 0 Å². The van der Waals surface area contributed by atoms with Crippen LogP contribution in [-0.4, -0.2) is 14.9 Å². The second-order valence-electron chi connectivity index (χ2n) is 4.31. The molecule has 2 aromatic carbocycles. The van der Waals surface area contributed by atoms with Crippen LogP contribution in [0.25, 0.3) is 11.0 Å². The van der Waals surface area contributed by atoms with Gasteiger partial charge in [0.2, 0.25) is 0 Å². The monoisotopic (exact) mass is 332 g/mol. The summed E-state index contributed by atoms with van der Waals surface area (Å²) < 4.78 is 2.98. The number of benzene rings is 2. The molecular weight excluding hydrogens is 324 g/mol. The summed E-state index contributed by atoms with van der Waals surface area (Å²) in [5.41, 5.74) is 1.45. The van der Waals surface area contributed by atoms with Gasteiger partial charge in [-0.25, -0.2) is 9.97 Å². The number of anilines is 1. The number of aromatic nitrogens is 2. The number of nitro benzene ring substituents is 1. The highest BCUT2D eigenvalue weighted by Gasteiger charge is 2.09. The minimum atomic E-state index is -0.438. The molecule has 0 bridgehead atoms. The van der Waals surface area contributed by atoms with Crippen molar-refractivity contribution in [1.82, 2.24) is 9.97 Å². The van der Waals surface area contributed by atoms with Gasteiger partial charge in [-0.2, -0.15) is 0 Å². The quantitative estimate of drug-likeness (QED) is 0.435. The lowest BCUT2D eigenvalue weighted by Gasteiger charge is -2.07. The first-order valence-corrected chi connectivity index (χ1v) is 7.42. The Kier molecular flexibility index (Phi) is 4.08. The maximum absolute atomic E-state index is 10.8. The zero-order valence-corrected chi connectivity index (χ0v) is 12.6. The average Bonchev–Trinajstić information content (AvgIpc) is 2.53. The zero-order chi connectivity index (χ0) is 15.5. The van der Waals surface area contributed by atoms with E-state index in [-0.39, 0.29) is 10.8 Å². The summed E-state index contributed by atoms with van der Waals surface area (Å²) in [6, 6.07) is 13.7. The number of nitrogens with zero attached hydrogens (tertiary/aromatic N) is 3. The van der Waals surface area contributed by atoms with E-state index in [1.54, 1.807) is 12.1 Å². The molecule has 0 aliphatic rings. The molecule has 3 aromatic rings. The van der Waals surface area contributed by atoms with E-state index in [9.17, 15) is 10.1 Å². The van der Waals surface area contributed by atoms with E-state index < -0.39 is 4.92 Å². The number of hydrogen-bond donors (Lipinski definition) is 1. The minimum Gasteiger partial charge on any atom is -0.308 e. The lowest BCUT2D eigenvalue weighted by Crippen LogP contribution is -1.95. The highest BCUT2D eigenvalue weighted by molar-refractivity contribution is 8.00. The van der Waals surface area contributed by atoms with E-state index in [1.807, 2.05) is 24.3 Å². The fourth-order valence-electron chi connectivity index (χ4n) is 1.81. The number of nitro groups is 1. The minimum absolute atomic E-state index is 0.0301. The maximum atomic E-state index is 10.8. The molecule has 0 aliphatic heterocycles. The van der Waals surface area contributed by atoms with Gasteiger partial charge in [-0.3, -0.25) is 10.1 Å². The summed E-state index contributed by atoms with van der Waals surface area (Å²) in [5, 5.41) is 11.0. The Bertz CT molecular complexity index is 859. The molecule has 0 saturated heterocycles. The summed E-state index contributed by atoms with van der Waals surface area (Å²) in [6.07, 6.45) is 0. The van der Waals surface area contributed by atoms with Crippen LogP contribution in [0.4, 0.5) is 11.5 Å². The standard InChI is InChI=1S/C14H9ClN4O2S/c15-13-14(17-12-7-2-1-6-11(12)16-13)18-22-10-5-3-4-9(8-10)19(20)21/h1-8H,(H,17,18). The molecule has 0 amide bonds. The second kappa shape index (κ2) is 6.17. The van der Waals surface area contributed by atoms with Crippen molar-refractivity contribution in [2.75, 3.05) is 4.72 Å². The van der Waals surface area contributed by atoms with Gasteiger partial charge in [0.25, 0.3) is 5.69 Å². The van der Waals surface area contributed by atoms with E-state index >= 15 is 0 Å². The van der Waals surface area contributed by atoms with E-state index in [4.69, 9.17) is 11.6 Å². The van der Waals surface area contributed by atoms with Crippen LogP contribution in [0.2, 0.25) is 5.15 Å². The van der Waals surface area contributed by atoms with Crippen LogP contribution in [0.15, 0.2) is 53.4 Å². The molecule has 1 aromatic heterocycles. The van der Waals surface area contributed by atoms with Gasteiger partial charge in [0.15, 0.2) is 11.0 Å². The van der Waals surface area contributed by atoms with Crippen molar-refractivity contribution in [3.05, 3.63) is 63.8 Å². The summed E-state index contributed by atoms with van der Waals surface area (Å²) in [6.45, 7) is 0. The van der Waals surface area contributed by atoms with Gasteiger partial charge in [0.05, 0.1) is 16.0 Å². The van der Waals surface area contributed by atoms with Crippen LogP contribution in [0.3, 0.4) is 0 Å². The third-order valence-corrected chi connectivity index (χ3v) is 3.87. The molecule has 0 unspecified atom stereocenters. The van der Waals surface area contributed by atoms with Crippen molar-refractivity contribution in [1.29, 1.82) is 0 Å². The Labute approximate surface area is 134 Å². The van der Waals surface area contributed by atoms with Gasteiger partial charge in [-0.15, -0.1) is 0 Å². The molecule has 22 heavy (non-hydrogen) atoms. The fraction of sp³-hybridized carbons (Fsp3) is 0. The number of fused-ring (bicyclic) bond motifs is 1. The molecule has 0 aliphatic carbocycles. The third kappa shape index (κ3) is 3.10. The largest absolute Gasteiger partial charge is 0.308 e. The normalized spacial score (nSPS) is 10.6. The molecule has 6 nitrogen and oxygen atoms in total. The molecule has 0 saturated carbocycles. The molecule has 110 valence electrons. The average molecular weight is 333 g/mol. The Morgan fingerprint density at radius 2 is 1.82 bits per heavy atom. The second-order valence-corrected chi connectivity index (χ2v) is 5.55. The van der Waals surface area contributed by atoms with E-state index in [0.717, 1.165) is 0 Å². The first kappa shape index (κ1) is 14.6. The molecule has 3 rings (SSSR count). The first-order chi connectivity index (χ1) is 10.6. The molecule has 0 fully saturated rings. The van der Waals surface area contributed by atoms with Gasteiger partial charge >= 0.3 is 0 Å². The molecule has 1 heterocycles. The van der Waals surface area contributed by atoms with Crippen LogP contribution in [0, 0.1) is 10.1 Å². The van der Waals surface area contributed by atoms with E-state index in [0.29, 0.717) is 21.7 Å².